The molecule has 1 aliphatic carbocycles. The van der Waals surface area contributed by atoms with Gasteiger partial charge >= 0.3 is 5.97 Å². The molecule has 0 radical (unpaired) electrons. The zero-order valence-corrected chi connectivity index (χ0v) is 17.1. The van der Waals surface area contributed by atoms with E-state index >= 15 is 0 Å². The average molecular weight is 413 g/mol. The molecular formula is C22H23NO5S. The third kappa shape index (κ3) is 5.12. The summed E-state index contributed by atoms with van der Waals surface area (Å²) in [6.07, 6.45) is 3.01. The van der Waals surface area contributed by atoms with Crippen LogP contribution in [0.3, 0.4) is 0 Å². The Bertz CT molecular complexity index is 1040. The molecule has 0 fully saturated rings. The van der Waals surface area contributed by atoms with Crippen LogP contribution in [0.5, 0.6) is 0 Å². The van der Waals surface area contributed by atoms with E-state index in [1.807, 2.05) is 36.4 Å². The number of carbonyl (C=O) groups is 2. The van der Waals surface area contributed by atoms with E-state index in [4.69, 9.17) is 4.74 Å². The van der Waals surface area contributed by atoms with E-state index in [0.717, 1.165) is 23.0 Å². The van der Waals surface area contributed by atoms with Crippen molar-refractivity contribution in [3.8, 4) is 0 Å². The Kier molecular flexibility index (Phi) is 6.17. The largest absolute Gasteiger partial charge is 0.465 e. The minimum Gasteiger partial charge on any atom is -0.465 e. The van der Waals surface area contributed by atoms with E-state index in [9.17, 15) is 18.0 Å². The van der Waals surface area contributed by atoms with Gasteiger partial charge < -0.3 is 4.74 Å². The molecule has 152 valence electrons. The summed E-state index contributed by atoms with van der Waals surface area (Å²) in [5, 5.41) is 0. The molecule has 1 N–H and O–H groups in total. The van der Waals surface area contributed by atoms with Crippen LogP contribution in [0, 0.1) is 5.92 Å². The molecule has 0 saturated heterocycles. The molecule has 0 bridgehead atoms. The number of sulfonamides is 1. The van der Waals surface area contributed by atoms with Crippen molar-refractivity contribution in [2.24, 2.45) is 5.92 Å². The van der Waals surface area contributed by atoms with Crippen LogP contribution in [-0.4, -0.2) is 33.0 Å². The van der Waals surface area contributed by atoms with Gasteiger partial charge in [0, 0.05) is 11.6 Å². The predicted molar refractivity (Wildman–Crippen MR) is 112 cm³/mol. The van der Waals surface area contributed by atoms with Gasteiger partial charge in [0.1, 0.15) is 5.92 Å². The van der Waals surface area contributed by atoms with Crippen LogP contribution < -0.4 is 4.72 Å². The average Bonchev–Trinajstić information content (AvgIpc) is 2.67. The maximum Gasteiger partial charge on any atom is 0.317 e. The number of hydrogen-bond acceptors (Lipinski definition) is 5. The van der Waals surface area contributed by atoms with Crippen LogP contribution in [0.2, 0.25) is 0 Å². The maximum absolute atomic E-state index is 12.9. The Morgan fingerprint density at radius 1 is 1.14 bits per heavy atom. The number of ether oxygens (including phenoxy) is 1. The number of carbonyl (C=O) groups excluding carboxylic acids is 2. The minimum atomic E-state index is -3.41. The van der Waals surface area contributed by atoms with Gasteiger partial charge in [-0.2, -0.15) is 0 Å². The summed E-state index contributed by atoms with van der Waals surface area (Å²) in [5.74, 6) is -2.07. The van der Waals surface area contributed by atoms with Gasteiger partial charge in [-0.15, -0.1) is 0 Å². The topological polar surface area (TPSA) is 89.5 Å². The zero-order valence-electron chi connectivity index (χ0n) is 16.3. The first-order valence-electron chi connectivity index (χ1n) is 9.32. The third-order valence-corrected chi connectivity index (χ3v) is 5.38. The lowest BCUT2D eigenvalue weighted by atomic mass is 9.73. The lowest BCUT2D eigenvalue weighted by Gasteiger charge is -2.29. The summed E-state index contributed by atoms with van der Waals surface area (Å²) in [7, 11) is -3.41. The molecule has 29 heavy (non-hydrogen) atoms. The SMILES string of the molecule is CCOC(=O)[C@@H]1C(=O)C=C(c2cccc(NS(C)(=O)=O)c2)C[C@@H]1c1ccccc1. The standard InChI is InChI=1S/C22H23NO5S/c1-3-28-22(25)21-19(15-8-5-4-6-9-15)13-17(14-20(21)24)16-10-7-11-18(12-16)23-29(2,26)27/h4-12,14,19,21,23H,3,13H2,1-2H3/t19-,21+/m1/s1. The lowest BCUT2D eigenvalue weighted by molar-refractivity contribution is -0.151. The highest BCUT2D eigenvalue weighted by Crippen LogP contribution is 2.40. The van der Waals surface area contributed by atoms with Crippen LogP contribution in [0.1, 0.15) is 30.4 Å². The molecule has 2 aromatic rings. The van der Waals surface area contributed by atoms with Gasteiger partial charge in [0.25, 0.3) is 0 Å². The fraction of sp³-hybridized carbons (Fsp3) is 0.273. The van der Waals surface area contributed by atoms with E-state index in [1.165, 1.54) is 6.08 Å². The quantitative estimate of drug-likeness (QED) is 0.579. The zero-order chi connectivity index (χ0) is 21.0. The lowest BCUT2D eigenvalue weighted by Crippen LogP contribution is -2.34. The van der Waals surface area contributed by atoms with Gasteiger partial charge in [-0.3, -0.25) is 14.3 Å². The Morgan fingerprint density at radius 2 is 1.86 bits per heavy atom. The van der Waals surface area contributed by atoms with Crippen LogP contribution in [-0.2, 0) is 24.3 Å². The minimum absolute atomic E-state index is 0.208. The molecule has 2 atom stereocenters. The van der Waals surface area contributed by atoms with Crippen molar-refractivity contribution in [3.05, 3.63) is 71.8 Å². The Balaban J connectivity index is 1.99. The van der Waals surface area contributed by atoms with E-state index in [2.05, 4.69) is 4.72 Å². The Labute approximate surface area is 170 Å². The number of allylic oxidation sites excluding steroid dienone is 2. The number of esters is 1. The van der Waals surface area contributed by atoms with Crippen LogP contribution in [0.15, 0.2) is 60.7 Å². The van der Waals surface area contributed by atoms with Crippen molar-refractivity contribution in [1.29, 1.82) is 0 Å². The first-order chi connectivity index (χ1) is 13.8. The van der Waals surface area contributed by atoms with Gasteiger partial charge in [0.15, 0.2) is 5.78 Å². The summed E-state index contributed by atoms with van der Waals surface area (Å²) in [6, 6.07) is 16.3. The monoisotopic (exact) mass is 413 g/mol. The second-order valence-electron chi connectivity index (χ2n) is 6.98. The smallest absolute Gasteiger partial charge is 0.317 e. The van der Waals surface area contributed by atoms with E-state index < -0.39 is 21.9 Å². The number of hydrogen-bond donors (Lipinski definition) is 1. The van der Waals surface area contributed by atoms with Gasteiger partial charge in [-0.1, -0.05) is 42.5 Å². The van der Waals surface area contributed by atoms with Crippen molar-refractivity contribution in [2.75, 3.05) is 17.6 Å². The van der Waals surface area contributed by atoms with Gasteiger partial charge in [-0.05, 0) is 48.3 Å². The number of nitrogens with one attached hydrogen (secondary N) is 1. The van der Waals surface area contributed by atoms with Crippen LogP contribution in [0.25, 0.3) is 5.57 Å². The molecule has 0 aliphatic heterocycles. The molecule has 0 aromatic heterocycles. The molecule has 0 saturated carbocycles. The summed E-state index contributed by atoms with van der Waals surface area (Å²) in [4.78, 5) is 25.4. The van der Waals surface area contributed by atoms with Gasteiger partial charge in [0.05, 0.1) is 12.9 Å². The fourth-order valence-corrected chi connectivity index (χ4v) is 4.15. The second-order valence-corrected chi connectivity index (χ2v) is 8.73. The summed E-state index contributed by atoms with van der Waals surface area (Å²) >= 11 is 0. The predicted octanol–water partition coefficient (Wildman–Crippen LogP) is 3.38. The van der Waals surface area contributed by atoms with Crippen LogP contribution >= 0.6 is 0 Å². The summed E-state index contributed by atoms with van der Waals surface area (Å²) in [6.45, 7) is 1.92. The molecule has 0 heterocycles. The number of benzene rings is 2. The number of ketones is 1. The van der Waals surface area contributed by atoms with E-state index in [0.29, 0.717) is 12.1 Å². The Morgan fingerprint density at radius 3 is 2.52 bits per heavy atom. The highest BCUT2D eigenvalue weighted by atomic mass is 32.2. The molecular weight excluding hydrogens is 390 g/mol. The molecule has 2 aromatic carbocycles. The van der Waals surface area contributed by atoms with Crippen molar-refractivity contribution < 1.29 is 22.7 Å². The molecule has 1 aliphatic rings. The van der Waals surface area contributed by atoms with E-state index in [-0.39, 0.29) is 18.3 Å². The normalized spacial score (nSPS) is 19.4. The highest BCUT2D eigenvalue weighted by molar-refractivity contribution is 7.92. The first-order valence-corrected chi connectivity index (χ1v) is 11.2. The molecule has 0 unspecified atom stereocenters. The van der Waals surface area contributed by atoms with E-state index in [1.54, 1.807) is 25.1 Å². The van der Waals surface area contributed by atoms with Crippen molar-refractivity contribution in [3.63, 3.8) is 0 Å². The Hall–Kier alpha value is -2.93. The highest BCUT2D eigenvalue weighted by Gasteiger charge is 2.39. The second kappa shape index (κ2) is 8.61. The summed E-state index contributed by atoms with van der Waals surface area (Å²) in [5.41, 5.74) is 2.79. The maximum atomic E-state index is 12.9. The fourth-order valence-electron chi connectivity index (χ4n) is 3.59. The third-order valence-electron chi connectivity index (χ3n) is 4.77. The summed E-state index contributed by atoms with van der Waals surface area (Å²) < 4.78 is 30.6. The molecule has 0 amide bonds. The molecule has 0 spiro atoms. The number of anilines is 1. The van der Waals surface area contributed by atoms with Gasteiger partial charge in [0.2, 0.25) is 10.0 Å². The van der Waals surface area contributed by atoms with Crippen LogP contribution in [0.4, 0.5) is 5.69 Å². The van der Waals surface area contributed by atoms with Gasteiger partial charge in [-0.25, -0.2) is 8.42 Å². The van der Waals surface area contributed by atoms with Crippen molar-refractivity contribution in [1.82, 2.24) is 0 Å². The molecule has 3 rings (SSSR count). The van der Waals surface area contributed by atoms with Crippen molar-refractivity contribution in [2.45, 2.75) is 19.3 Å². The first kappa shape index (κ1) is 20.8. The molecule has 6 nitrogen and oxygen atoms in total. The number of rotatable bonds is 6. The van der Waals surface area contributed by atoms with Crippen molar-refractivity contribution >= 4 is 33.0 Å². The molecule has 7 heteroatoms.